The van der Waals surface area contributed by atoms with Crippen LogP contribution in [0.25, 0.3) is 0 Å². The first kappa shape index (κ1) is 17.7. The van der Waals surface area contributed by atoms with E-state index in [9.17, 15) is 9.59 Å². The highest BCUT2D eigenvalue weighted by Crippen LogP contribution is 2.41. The lowest BCUT2D eigenvalue weighted by Crippen LogP contribution is -2.41. The number of benzene rings is 2. The summed E-state index contributed by atoms with van der Waals surface area (Å²) in [5, 5.41) is 1.86. The molecule has 6 nitrogen and oxygen atoms in total. The predicted octanol–water partition coefficient (Wildman–Crippen LogP) is 3.16. The van der Waals surface area contributed by atoms with Crippen LogP contribution in [0, 0.1) is 5.92 Å². The minimum absolute atomic E-state index is 0.241. The van der Waals surface area contributed by atoms with E-state index in [1.165, 1.54) is 4.90 Å². The van der Waals surface area contributed by atoms with Crippen molar-refractivity contribution in [1.29, 1.82) is 0 Å². The summed E-state index contributed by atoms with van der Waals surface area (Å²) >= 11 is 0. The standard InChI is InChI=1S/C21H22N2O4/c1-15-18(20(24)22-12-13-26-21(22)25)19(17-10-6-3-7-11-17)23(27-15)14-16-8-4-2-5-9-16/h2-11,15,18-19H,12-14H2,1H3/t15-,18-,19+/m0/s1. The molecule has 0 spiro atoms. The molecule has 2 aromatic rings. The van der Waals surface area contributed by atoms with Crippen molar-refractivity contribution in [3.63, 3.8) is 0 Å². The summed E-state index contributed by atoms with van der Waals surface area (Å²) in [6, 6.07) is 19.5. The van der Waals surface area contributed by atoms with E-state index >= 15 is 0 Å². The molecular weight excluding hydrogens is 344 g/mol. The molecule has 2 heterocycles. The highest BCUT2D eigenvalue weighted by Gasteiger charge is 2.49. The average Bonchev–Trinajstić information content (AvgIpc) is 3.25. The number of hydrogen-bond donors (Lipinski definition) is 0. The van der Waals surface area contributed by atoms with Crippen molar-refractivity contribution in [3.8, 4) is 0 Å². The number of ether oxygens (including phenoxy) is 1. The fourth-order valence-electron chi connectivity index (χ4n) is 3.81. The molecule has 2 amide bonds. The number of hydrogen-bond acceptors (Lipinski definition) is 5. The lowest BCUT2D eigenvalue weighted by atomic mass is 9.88. The van der Waals surface area contributed by atoms with Crippen LogP contribution in [0.15, 0.2) is 60.7 Å². The largest absolute Gasteiger partial charge is 0.447 e. The predicted molar refractivity (Wildman–Crippen MR) is 98.3 cm³/mol. The molecule has 27 heavy (non-hydrogen) atoms. The quantitative estimate of drug-likeness (QED) is 0.832. The van der Waals surface area contributed by atoms with Crippen LogP contribution in [0.1, 0.15) is 24.1 Å². The second kappa shape index (κ2) is 7.50. The number of rotatable bonds is 4. The molecule has 4 rings (SSSR count). The Balaban J connectivity index is 1.66. The summed E-state index contributed by atoms with van der Waals surface area (Å²) in [6.45, 7) is 2.97. The van der Waals surface area contributed by atoms with Gasteiger partial charge in [-0.05, 0) is 18.1 Å². The molecule has 0 bridgehead atoms. The minimum atomic E-state index is -0.569. The topological polar surface area (TPSA) is 59.1 Å². The second-order valence-corrected chi connectivity index (χ2v) is 6.86. The van der Waals surface area contributed by atoms with Gasteiger partial charge in [-0.25, -0.2) is 9.69 Å². The van der Waals surface area contributed by atoms with Crippen LogP contribution in [-0.4, -0.2) is 41.2 Å². The molecule has 140 valence electrons. The van der Waals surface area contributed by atoms with Gasteiger partial charge in [0.15, 0.2) is 0 Å². The van der Waals surface area contributed by atoms with Crippen molar-refractivity contribution in [2.75, 3.05) is 13.2 Å². The summed E-state index contributed by atoms with van der Waals surface area (Å²) in [4.78, 5) is 32.4. The molecule has 2 aliphatic heterocycles. The van der Waals surface area contributed by atoms with Crippen LogP contribution in [0.3, 0.4) is 0 Å². The number of nitrogens with zero attached hydrogens (tertiary/aromatic N) is 2. The number of cyclic esters (lactones) is 1. The maximum Gasteiger partial charge on any atom is 0.416 e. The Bertz CT molecular complexity index is 811. The van der Waals surface area contributed by atoms with Crippen LogP contribution in [0.2, 0.25) is 0 Å². The third-order valence-corrected chi connectivity index (χ3v) is 5.09. The monoisotopic (exact) mass is 366 g/mol. The van der Waals surface area contributed by atoms with Crippen LogP contribution < -0.4 is 0 Å². The molecule has 0 aliphatic carbocycles. The SMILES string of the molecule is C[C@@H]1ON(Cc2ccccc2)[C@H](c2ccccc2)[C@H]1C(=O)N1CCOC1=O. The first-order valence-electron chi connectivity index (χ1n) is 9.15. The third kappa shape index (κ3) is 3.46. The molecular formula is C21H22N2O4. The van der Waals surface area contributed by atoms with E-state index < -0.39 is 12.0 Å². The highest BCUT2D eigenvalue weighted by atomic mass is 16.7. The highest BCUT2D eigenvalue weighted by molar-refractivity contribution is 5.95. The normalized spacial score (nSPS) is 25.6. The van der Waals surface area contributed by atoms with Gasteiger partial charge in [0.1, 0.15) is 6.61 Å². The molecule has 2 saturated heterocycles. The molecule has 2 aromatic carbocycles. The van der Waals surface area contributed by atoms with Gasteiger partial charge >= 0.3 is 6.09 Å². The van der Waals surface area contributed by atoms with Gasteiger partial charge in [-0.2, -0.15) is 5.06 Å². The number of amides is 2. The Labute approximate surface area is 158 Å². The van der Waals surface area contributed by atoms with Crippen molar-refractivity contribution in [3.05, 3.63) is 71.8 Å². The van der Waals surface area contributed by atoms with Crippen molar-refractivity contribution in [1.82, 2.24) is 9.96 Å². The first-order valence-corrected chi connectivity index (χ1v) is 9.15. The van der Waals surface area contributed by atoms with E-state index in [2.05, 4.69) is 0 Å². The number of hydroxylamine groups is 2. The van der Waals surface area contributed by atoms with Gasteiger partial charge < -0.3 is 4.74 Å². The van der Waals surface area contributed by atoms with Crippen LogP contribution >= 0.6 is 0 Å². The van der Waals surface area contributed by atoms with Gasteiger partial charge in [0.2, 0.25) is 5.91 Å². The van der Waals surface area contributed by atoms with Gasteiger partial charge in [-0.3, -0.25) is 9.63 Å². The molecule has 0 saturated carbocycles. The Morgan fingerprint density at radius 3 is 2.37 bits per heavy atom. The van der Waals surface area contributed by atoms with E-state index in [4.69, 9.17) is 9.57 Å². The molecule has 2 fully saturated rings. The number of carbonyl (C=O) groups excluding carboxylic acids is 2. The zero-order valence-electron chi connectivity index (χ0n) is 15.2. The Morgan fingerprint density at radius 1 is 1.07 bits per heavy atom. The summed E-state index contributed by atoms with van der Waals surface area (Å²) < 4.78 is 4.96. The zero-order valence-corrected chi connectivity index (χ0v) is 15.2. The van der Waals surface area contributed by atoms with Gasteiger partial charge in [0.05, 0.1) is 24.6 Å². The fraction of sp³-hybridized carbons (Fsp3) is 0.333. The lowest BCUT2D eigenvalue weighted by molar-refractivity contribution is -0.166. The van der Waals surface area contributed by atoms with Gasteiger partial charge in [-0.1, -0.05) is 60.7 Å². The zero-order chi connectivity index (χ0) is 18.8. The van der Waals surface area contributed by atoms with Crippen molar-refractivity contribution in [2.45, 2.75) is 25.6 Å². The van der Waals surface area contributed by atoms with Crippen LogP contribution in [0.5, 0.6) is 0 Å². The fourth-order valence-corrected chi connectivity index (χ4v) is 3.81. The van der Waals surface area contributed by atoms with Crippen molar-refractivity contribution < 1.29 is 19.2 Å². The maximum absolute atomic E-state index is 13.2. The molecule has 0 radical (unpaired) electrons. The van der Waals surface area contributed by atoms with E-state index in [1.807, 2.05) is 72.7 Å². The Kier molecular flexibility index (Phi) is 4.92. The van der Waals surface area contributed by atoms with E-state index in [1.54, 1.807) is 0 Å². The minimum Gasteiger partial charge on any atom is -0.447 e. The van der Waals surface area contributed by atoms with Gasteiger partial charge in [0, 0.05) is 6.54 Å². The van der Waals surface area contributed by atoms with E-state index in [-0.39, 0.29) is 24.7 Å². The van der Waals surface area contributed by atoms with Crippen LogP contribution in [-0.2, 0) is 20.9 Å². The lowest BCUT2D eigenvalue weighted by Gasteiger charge is -2.27. The summed E-state index contributed by atoms with van der Waals surface area (Å²) in [7, 11) is 0. The summed E-state index contributed by atoms with van der Waals surface area (Å²) in [5.41, 5.74) is 2.09. The molecule has 2 aliphatic rings. The first-order chi connectivity index (χ1) is 13.1. The van der Waals surface area contributed by atoms with E-state index in [0.29, 0.717) is 13.1 Å². The third-order valence-electron chi connectivity index (χ3n) is 5.09. The number of imide groups is 1. The van der Waals surface area contributed by atoms with Crippen molar-refractivity contribution in [2.24, 2.45) is 5.92 Å². The smallest absolute Gasteiger partial charge is 0.416 e. The molecule has 0 unspecified atom stereocenters. The van der Waals surface area contributed by atoms with E-state index in [0.717, 1.165) is 11.1 Å². The molecule has 6 heteroatoms. The van der Waals surface area contributed by atoms with Crippen LogP contribution in [0.4, 0.5) is 4.79 Å². The second-order valence-electron chi connectivity index (χ2n) is 6.86. The molecule has 0 N–H and O–H groups in total. The maximum atomic E-state index is 13.2. The summed E-state index contributed by atoms with van der Waals surface area (Å²) in [5.74, 6) is -0.726. The van der Waals surface area contributed by atoms with Gasteiger partial charge in [-0.15, -0.1) is 0 Å². The molecule has 3 atom stereocenters. The Hall–Kier alpha value is -2.70. The molecule has 0 aromatic heterocycles. The average molecular weight is 366 g/mol. The van der Waals surface area contributed by atoms with Crippen molar-refractivity contribution >= 4 is 12.0 Å². The Morgan fingerprint density at radius 2 is 1.74 bits per heavy atom. The number of carbonyl (C=O) groups is 2. The summed E-state index contributed by atoms with van der Waals surface area (Å²) in [6.07, 6.45) is -0.916. The van der Waals surface area contributed by atoms with Gasteiger partial charge in [0.25, 0.3) is 0 Å².